The first-order valence-corrected chi connectivity index (χ1v) is 5.86. The summed E-state index contributed by atoms with van der Waals surface area (Å²) in [5, 5.41) is 0. The van der Waals surface area contributed by atoms with Gasteiger partial charge in [-0.05, 0) is 44.1 Å². The van der Waals surface area contributed by atoms with Gasteiger partial charge >= 0.3 is 0 Å². The summed E-state index contributed by atoms with van der Waals surface area (Å²) in [4.78, 5) is 3.28. The number of nitrogens with one attached hydrogen (secondary N) is 1. The van der Waals surface area contributed by atoms with E-state index in [2.05, 4.69) is 48.2 Å². The molecular weight excluding hydrogens is 216 g/mol. The summed E-state index contributed by atoms with van der Waals surface area (Å²) in [7, 11) is 0. The highest BCUT2D eigenvalue weighted by Crippen LogP contribution is 2.23. The number of imidazole rings is 1. The Labute approximate surface area is 101 Å². The number of nitrogens with zero attached hydrogens (tertiary/aromatic N) is 1. The van der Waals surface area contributed by atoms with Crippen LogP contribution in [0.25, 0.3) is 11.0 Å². The predicted octanol–water partition coefficient (Wildman–Crippen LogP) is 4.14. The molecule has 0 fully saturated rings. The highest BCUT2D eigenvalue weighted by molar-refractivity contribution is 7.71. The van der Waals surface area contributed by atoms with Crippen LogP contribution in [0.2, 0.25) is 0 Å². The van der Waals surface area contributed by atoms with Crippen LogP contribution >= 0.6 is 12.2 Å². The van der Waals surface area contributed by atoms with Gasteiger partial charge in [0, 0.05) is 6.04 Å². The summed E-state index contributed by atoms with van der Waals surface area (Å²) < 4.78 is 2.96. The smallest absolute Gasteiger partial charge is 0.178 e. The molecule has 1 atom stereocenters. The van der Waals surface area contributed by atoms with Crippen molar-refractivity contribution in [1.29, 1.82) is 0 Å². The van der Waals surface area contributed by atoms with Crippen LogP contribution < -0.4 is 0 Å². The third-order valence-electron chi connectivity index (χ3n) is 2.91. The SMILES string of the molecule is C=CCC(C)n1c(=S)[nH]c2c(C)cccc21. The van der Waals surface area contributed by atoms with Gasteiger partial charge in [0.05, 0.1) is 11.0 Å². The molecule has 2 aromatic rings. The van der Waals surface area contributed by atoms with Crippen LogP contribution in [0.3, 0.4) is 0 Å². The standard InChI is InChI=1S/C13H16N2S/c1-4-6-10(3)15-11-8-5-7-9(2)12(11)14-13(15)16/h4-5,7-8,10H,1,6H2,2-3H3,(H,14,16). The predicted molar refractivity (Wildman–Crippen MR) is 71.4 cm³/mol. The topological polar surface area (TPSA) is 20.7 Å². The molecule has 1 N–H and O–H groups in total. The summed E-state index contributed by atoms with van der Waals surface area (Å²) in [6, 6.07) is 6.61. The molecule has 0 aliphatic rings. The zero-order valence-corrected chi connectivity index (χ0v) is 10.5. The molecule has 0 spiro atoms. The van der Waals surface area contributed by atoms with E-state index in [0.29, 0.717) is 6.04 Å². The fourth-order valence-corrected chi connectivity index (χ4v) is 2.46. The van der Waals surface area contributed by atoms with Gasteiger partial charge < -0.3 is 9.55 Å². The summed E-state index contributed by atoms with van der Waals surface area (Å²) in [5.41, 5.74) is 3.55. The maximum Gasteiger partial charge on any atom is 0.178 e. The van der Waals surface area contributed by atoms with Crippen molar-refractivity contribution in [2.75, 3.05) is 0 Å². The van der Waals surface area contributed by atoms with Crippen LogP contribution in [-0.2, 0) is 0 Å². The molecule has 1 aromatic heterocycles. The van der Waals surface area contributed by atoms with Gasteiger partial charge in [-0.2, -0.15) is 0 Å². The van der Waals surface area contributed by atoms with Crippen molar-refractivity contribution >= 4 is 23.3 Å². The Kier molecular flexibility index (Phi) is 2.97. The fraction of sp³-hybridized carbons (Fsp3) is 0.308. The molecule has 0 radical (unpaired) electrons. The number of para-hydroxylation sites is 1. The molecule has 84 valence electrons. The molecule has 2 rings (SSSR count). The van der Waals surface area contributed by atoms with Gasteiger partial charge in [0.2, 0.25) is 0 Å². The van der Waals surface area contributed by atoms with E-state index >= 15 is 0 Å². The van der Waals surface area contributed by atoms with E-state index < -0.39 is 0 Å². The van der Waals surface area contributed by atoms with Gasteiger partial charge in [0.1, 0.15) is 0 Å². The third-order valence-corrected chi connectivity index (χ3v) is 3.21. The number of hydrogen-bond acceptors (Lipinski definition) is 1. The number of rotatable bonds is 3. The summed E-state index contributed by atoms with van der Waals surface area (Å²) >= 11 is 5.38. The van der Waals surface area contributed by atoms with Crippen molar-refractivity contribution in [2.45, 2.75) is 26.3 Å². The van der Waals surface area contributed by atoms with E-state index in [9.17, 15) is 0 Å². The van der Waals surface area contributed by atoms with Crippen LogP contribution in [0.1, 0.15) is 24.9 Å². The minimum absolute atomic E-state index is 0.348. The van der Waals surface area contributed by atoms with Crippen LogP contribution in [0.5, 0.6) is 0 Å². The second-order valence-electron chi connectivity index (χ2n) is 4.14. The van der Waals surface area contributed by atoms with Crippen molar-refractivity contribution in [1.82, 2.24) is 9.55 Å². The van der Waals surface area contributed by atoms with Gasteiger partial charge in [-0.25, -0.2) is 0 Å². The molecule has 0 aliphatic heterocycles. The molecule has 0 saturated heterocycles. The lowest BCUT2D eigenvalue weighted by Crippen LogP contribution is -2.03. The molecule has 1 heterocycles. The molecule has 1 aromatic carbocycles. The van der Waals surface area contributed by atoms with E-state index in [1.54, 1.807) is 0 Å². The first kappa shape index (κ1) is 11.1. The summed E-state index contributed by atoms with van der Waals surface area (Å²) in [5.74, 6) is 0. The van der Waals surface area contributed by atoms with Crippen LogP contribution in [-0.4, -0.2) is 9.55 Å². The third kappa shape index (κ3) is 1.71. The molecular formula is C13H16N2S. The molecule has 0 aliphatic carbocycles. The lowest BCUT2D eigenvalue weighted by molar-refractivity contribution is 0.564. The van der Waals surface area contributed by atoms with Crippen molar-refractivity contribution < 1.29 is 0 Å². The monoisotopic (exact) mass is 232 g/mol. The Hall–Kier alpha value is -1.35. The fourth-order valence-electron chi connectivity index (χ4n) is 2.08. The van der Waals surface area contributed by atoms with Crippen molar-refractivity contribution in [2.24, 2.45) is 0 Å². The van der Waals surface area contributed by atoms with Gasteiger partial charge in [0.25, 0.3) is 0 Å². The minimum Gasteiger partial charge on any atom is -0.330 e. The largest absolute Gasteiger partial charge is 0.330 e. The number of fused-ring (bicyclic) bond motifs is 1. The normalized spacial score (nSPS) is 12.9. The zero-order chi connectivity index (χ0) is 11.7. The maximum absolute atomic E-state index is 5.38. The van der Waals surface area contributed by atoms with Gasteiger partial charge in [0.15, 0.2) is 4.77 Å². The lowest BCUT2D eigenvalue weighted by Gasteiger charge is -2.12. The second-order valence-corrected chi connectivity index (χ2v) is 4.53. The maximum atomic E-state index is 5.38. The Morgan fingerprint density at radius 2 is 2.31 bits per heavy atom. The van der Waals surface area contributed by atoms with Gasteiger partial charge in [-0.15, -0.1) is 6.58 Å². The summed E-state index contributed by atoms with van der Waals surface area (Å²) in [6.07, 6.45) is 2.86. The number of allylic oxidation sites excluding steroid dienone is 1. The molecule has 0 saturated carbocycles. The second kappa shape index (κ2) is 4.26. The van der Waals surface area contributed by atoms with E-state index in [1.807, 2.05) is 6.08 Å². The molecule has 1 unspecified atom stereocenters. The van der Waals surface area contributed by atoms with E-state index in [-0.39, 0.29) is 0 Å². The number of H-pyrrole nitrogens is 1. The summed E-state index contributed by atoms with van der Waals surface area (Å²) in [6.45, 7) is 8.03. The first-order chi connectivity index (χ1) is 7.65. The average Bonchev–Trinajstić information content (AvgIpc) is 2.56. The van der Waals surface area contributed by atoms with Crippen molar-refractivity contribution in [3.05, 3.63) is 41.2 Å². The first-order valence-electron chi connectivity index (χ1n) is 5.46. The van der Waals surface area contributed by atoms with Crippen LogP contribution in [0.4, 0.5) is 0 Å². The van der Waals surface area contributed by atoms with E-state index in [1.165, 1.54) is 11.1 Å². The van der Waals surface area contributed by atoms with Crippen LogP contribution in [0, 0.1) is 11.7 Å². The molecule has 16 heavy (non-hydrogen) atoms. The lowest BCUT2D eigenvalue weighted by atomic mass is 10.2. The van der Waals surface area contributed by atoms with E-state index in [0.717, 1.165) is 16.7 Å². The highest BCUT2D eigenvalue weighted by Gasteiger charge is 2.10. The van der Waals surface area contributed by atoms with Crippen LogP contribution in [0.15, 0.2) is 30.9 Å². The van der Waals surface area contributed by atoms with Gasteiger partial charge in [-0.1, -0.05) is 18.2 Å². The molecule has 3 heteroatoms. The number of benzene rings is 1. The molecule has 2 nitrogen and oxygen atoms in total. The number of hydrogen-bond donors (Lipinski definition) is 1. The highest BCUT2D eigenvalue weighted by atomic mass is 32.1. The van der Waals surface area contributed by atoms with Crippen molar-refractivity contribution in [3.63, 3.8) is 0 Å². The van der Waals surface area contributed by atoms with Gasteiger partial charge in [-0.3, -0.25) is 0 Å². The Morgan fingerprint density at radius 3 is 3.00 bits per heavy atom. The number of aryl methyl sites for hydroxylation is 1. The van der Waals surface area contributed by atoms with E-state index in [4.69, 9.17) is 12.2 Å². The number of aromatic nitrogens is 2. The average molecular weight is 232 g/mol. The van der Waals surface area contributed by atoms with Crippen molar-refractivity contribution in [3.8, 4) is 0 Å². The molecule has 0 amide bonds. The zero-order valence-electron chi connectivity index (χ0n) is 9.66. The quantitative estimate of drug-likeness (QED) is 0.623. The Balaban J connectivity index is 2.69. The number of aromatic amines is 1. The minimum atomic E-state index is 0.348. The Bertz CT molecular complexity index is 577. The molecule has 0 bridgehead atoms. The Morgan fingerprint density at radius 1 is 1.56 bits per heavy atom.